The maximum absolute atomic E-state index is 13.3. The van der Waals surface area contributed by atoms with Crippen LogP contribution in [0.4, 0.5) is 5.82 Å². The van der Waals surface area contributed by atoms with Gasteiger partial charge in [-0.1, -0.05) is 31.2 Å². The van der Waals surface area contributed by atoms with E-state index >= 15 is 0 Å². The smallest absolute Gasteiger partial charge is 0.262 e. The molecule has 0 N–H and O–H groups in total. The summed E-state index contributed by atoms with van der Waals surface area (Å²) in [5.74, 6) is 1.08. The molecule has 0 aliphatic carbocycles. The van der Waals surface area contributed by atoms with Gasteiger partial charge in [0.2, 0.25) is 0 Å². The third-order valence-corrected chi connectivity index (χ3v) is 8.46. The third-order valence-electron chi connectivity index (χ3n) is 7.34. The largest absolute Gasteiger partial charge is 0.354 e. The predicted molar refractivity (Wildman–Crippen MR) is 139 cm³/mol. The molecule has 4 aromatic rings. The van der Waals surface area contributed by atoms with Crippen molar-refractivity contribution in [2.24, 2.45) is 0 Å². The van der Waals surface area contributed by atoms with Crippen LogP contribution in [-0.2, 0) is 19.5 Å². The molecular formula is C26H30N6OS. The van der Waals surface area contributed by atoms with Crippen molar-refractivity contribution >= 4 is 38.1 Å². The van der Waals surface area contributed by atoms with E-state index in [1.54, 1.807) is 17.7 Å². The van der Waals surface area contributed by atoms with Crippen molar-refractivity contribution in [1.82, 2.24) is 24.3 Å². The van der Waals surface area contributed by atoms with E-state index in [-0.39, 0.29) is 5.56 Å². The van der Waals surface area contributed by atoms with E-state index in [0.717, 1.165) is 74.8 Å². The number of anilines is 1. The fourth-order valence-electron chi connectivity index (χ4n) is 5.29. The highest BCUT2D eigenvalue weighted by atomic mass is 32.1. The van der Waals surface area contributed by atoms with Crippen LogP contribution in [0.1, 0.15) is 17.4 Å². The highest BCUT2D eigenvalue weighted by Crippen LogP contribution is 2.32. The van der Waals surface area contributed by atoms with Crippen LogP contribution in [0.15, 0.2) is 47.7 Å². The second-order valence-corrected chi connectivity index (χ2v) is 10.3. The maximum atomic E-state index is 13.3. The Bertz CT molecular complexity index is 1380. The Morgan fingerprint density at radius 2 is 1.82 bits per heavy atom. The van der Waals surface area contributed by atoms with Gasteiger partial charge in [0.15, 0.2) is 0 Å². The van der Waals surface area contributed by atoms with Crippen molar-refractivity contribution in [3.63, 3.8) is 0 Å². The van der Waals surface area contributed by atoms with E-state index in [1.165, 1.54) is 21.2 Å². The zero-order valence-corrected chi connectivity index (χ0v) is 20.4. The van der Waals surface area contributed by atoms with Crippen LogP contribution >= 0.6 is 11.3 Å². The summed E-state index contributed by atoms with van der Waals surface area (Å²) in [5.41, 5.74) is 1.37. The Labute approximate surface area is 203 Å². The molecule has 0 amide bonds. The summed E-state index contributed by atoms with van der Waals surface area (Å²) >= 11 is 1.70. The van der Waals surface area contributed by atoms with Gasteiger partial charge >= 0.3 is 0 Å². The maximum Gasteiger partial charge on any atom is 0.262 e. The highest BCUT2D eigenvalue weighted by molar-refractivity contribution is 7.18. The lowest BCUT2D eigenvalue weighted by molar-refractivity contribution is 0.246. The molecule has 1 aromatic carbocycles. The Morgan fingerprint density at radius 1 is 0.971 bits per heavy atom. The van der Waals surface area contributed by atoms with Gasteiger partial charge in [0.25, 0.3) is 5.56 Å². The molecule has 8 heteroatoms. The molecule has 0 unspecified atom stereocenters. The third kappa shape index (κ3) is 3.89. The van der Waals surface area contributed by atoms with Crippen molar-refractivity contribution in [3.05, 3.63) is 63.7 Å². The summed E-state index contributed by atoms with van der Waals surface area (Å²) in [6, 6.07) is 10.5. The molecule has 1 fully saturated rings. The zero-order chi connectivity index (χ0) is 23.1. The minimum atomic E-state index is 0.131. The molecule has 6 rings (SSSR count). The van der Waals surface area contributed by atoms with Gasteiger partial charge in [0.1, 0.15) is 10.6 Å². The molecule has 2 aliphatic heterocycles. The minimum absolute atomic E-state index is 0.131. The normalized spacial score (nSPS) is 17.5. The van der Waals surface area contributed by atoms with Crippen LogP contribution in [0.5, 0.6) is 0 Å². The topological polar surface area (TPSA) is 57.5 Å². The fraction of sp³-hybridized carbons (Fsp3) is 0.423. The van der Waals surface area contributed by atoms with E-state index in [1.807, 2.05) is 10.8 Å². The summed E-state index contributed by atoms with van der Waals surface area (Å²) in [6.45, 7) is 10.6. The number of benzene rings is 1. The summed E-state index contributed by atoms with van der Waals surface area (Å²) in [5, 5.41) is 3.31. The minimum Gasteiger partial charge on any atom is -0.354 e. The predicted octanol–water partition coefficient (Wildman–Crippen LogP) is 3.21. The standard InChI is InChI=1S/C26H30N6OS/c1-2-29-10-8-21-22(17-29)34-25-23(21)26(33)32(18-28-25)16-13-30-11-14-31(15-12-30)24-20-6-4-3-5-19(20)7-9-27-24/h3-7,9,18H,2,8,10-17H2,1H3. The average Bonchev–Trinajstić information content (AvgIpc) is 3.27. The lowest BCUT2D eigenvalue weighted by atomic mass is 10.1. The number of fused-ring (bicyclic) bond motifs is 4. The first-order chi connectivity index (χ1) is 16.7. The van der Waals surface area contributed by atoms with E-state index < -0.39 is 0 Å². The van der Waals surface area contributed by atoms with Gasteiger partial charge in [-0.3, -0.25) is 19.2 Å². The highest BCUT2D eigenvalue weighted by Gasteiger charge is 2.24. The number of aromatic nitrogens is 3. The van der Waals surface area contributed by atoms with Gasteiger partial charge in [-0.2, -0.15) is 0 Å². The van der Waals surface area contributed by atoms with Crippen LogP contribution in [0.25, 0.3) is 21.0 Å². The number of piperazine rings is 1. The van der Waals surface area contributed by atoms with Crippen molar-refractivity contribution in [2.75, 3.05) is 50.7 Å². The van der Waals surface area contributed by atoms with Gasteiger partial charge in [-0.05, 0) is 30.0 Å². The Morgan fingerprint density at radius 3 is 2.68 bits per heavy atom. The SMILES string of the molecule is CCN1CCc2c(sc3ncn(CCN4CCN(c5nccc6ccccc56)CC4)c(=O)c23)C1. The van der Waals surface area contributed by atoms with Gasteiger partial charge < -0.3 is 4.90 Å². The van der Waals surface area contributed by atoms with Crippen LogP contribution in [-0.4, -0.2) is 70.1 Å². The molecule has 1 saturated heterocycles. The number of pyridine rings is 1. The molecule has 5 heterocycles. The van der Waals surface area contributed by atoms with E-state index in [2.05, 4.69) is 61.9 Å². The molecule has 0 atom stereocenters. The molecule has 176 valence electrons. The monoisotopic (exact) mass is 474 g/mol. The Hall–Kier alpha value is -2.81. The number of hydrogen-bond donors (Lipinski definition) is 0. The van der Waals surface area contributed by atoms with Crippen molar-refractivity contribution in [1.29, 1.82) is 0 Å². The molecule has 0 radical (unpaired) electrons. The lowest BCUT2D eigenvalue weighted by Gasteiger charge is -2.35. The average molecular weight is 475 g/mol. The van der Waals surface area contributed by atoms with Crippen molar-refractivity contribution < 1.29 is 0 Å². The van der Waals surface area contributed by atoms with Crippen molar-refractivity contribution in [2.45, 2.75) is 26.4 Å². The number of rotatable bonds is 5. The quantitative estimate of drug-likeness (QED) is 0.443. The van der Waals surface area contributed by atoms with Crippen LogP contribution in [0.2, 0.25) is 0 Å². The fourth-order valence-corrected chi connectivity index (χ4v) is 6.51. The van der Waals surface area contributed by atoms with Gasteiger partial charge in [0.05, 0.1) is 11.7 Å². The summed E-state index contributed by atoms with van der Waals surface area (Å²) in [7, 11) is 0. The number of hydrogen-bond acceptors (Lipinski definition) is 7. The first-order valence-corrected chi connectivity index (χ1v) is 13.1. The summed E-state index contributed by atoms with van der Waals surface area (Å²) < 4.78 is 1.82. The first-order valence-electron chi connectivity index (χ1n) is 12.2. The Balaban J connectivity index is 1.13. The second kappa shape index (κ2) is 9.09. The zero-order valence-electron chi connectivity index (χ0n) is 19.6. The van der Waals surface area contributed by atoms with Crippen LogP contribution in [0, 0.1) is 0 Å². The lowest BCUT2D eigenvalue weighted by Crippen LogP contribution is -2.47. The van der Waals surface area contributed by atoms with Crippen LogP contribution < -0.4 is 10.5 Å². The molecule has 0 saturated carbocycles. The number of nitrogens with zero attached hydrogens (tertiary/aromatic N) is 6. The summed E-state index contributed by atoms with van der Waals surface area (Å²) in [4.78, 5) is 32.2. The van der Waals surface area contributed by atoms with E-state index in [9.17, 15) is 4.79 Å². The van der Waals surface area contributed by atoms with E-state index in [4.69, 9.17) is 0 Å². The first kappa shape index (κ1) is 21.7. The molecule has 3 aromatic heterocycles. The second-order valence-electron chi connectivity index (χ2n) is 9.23. The molecule has 7 nitrogen and oxygen atoms in total. The summed E-state index contributed by atoms with van der Waals surface area (Å²) in [6.07, 6.45) is 4.61. The number of thiophene rings is 1. The van der Waals surface area contributed by atoms with Gasteiger partial charge in [-0.25, -0.2) is 9.97 Å². The van der Waals surface area contributed by atoms with Crippen LogP contribution in [0.3, 0.4) is 0 Å². The van der Waals surface area contributed by atoms with Gasteiger partial charge in [0, 0.05) is 68.8 Å². The molecule has 34 heavy (non-hydrogen) atoms. The molecule has 2 aliphatic rings. The van der Waals surface area contributed by atoms with Gasteiger partial charge in [-0.15, -0.1) is 11.3 Å². The molecule has 0 spiro atoms. The molecule has 0 bridgehead atoms. The Kier molecular flexibility index (Phi) is 5.80. The molecular weight excluding hydrogens is 444 g/mol. The number of likely N-dealkylation sites (N-methyl/N-ethyl adjacent to an activating group) is 1. The van der Waals surface area contributed by atoms with Crippen molar-refractivity contribution in [3.8, 4) is 0 Å². The van der Waals surface area contributed by atoms with E-state index in [0.29, 0.717) is 6.54 Å².